The van der Waals surface area contributed by atoms with E-state index in [2.05, 4.69) is 25.1 Å². The normalized spacial score (nSPS) is 20.3. The van der Waals surface area contributed by atoms with Crippen molar-refractivity contribution in [3.05, 3.63) is 34.3 Å². The molecule has 2 fully saturated rings. The highest BCUT2D eigenvalue weighted by Crippen LogP contribution is 2.30. The summed E-state index contributed by atoms with van der Waals surface area (Å²) in [6.45, 7) is 3.83. The number of methoxy groups -OCH3 is 1. The van der Waals surface area contributed by atoms with Crippen LogP contribution in [0.5, 0.6) is 0 Å². The molecule has 0 bridgehead atoms. The minimum absolute atomic E-state index is 0.0948. The molecule has 1 saturated heterocycles. The minimum atomic E-state index is -0.359. The zero-order valence-corrected chi connectivity index (χ0v) is 20.8. The van der Waals surface area contributed by atoms with E-state index in [1.807, 2.05) is 6.07 Å². The number of hydrogen-bond donors (Lipinski definition) is 3. The molecule has 1 saturated carbocycles. The van der Waals surface area contributed by atoms with Crippen LogP contribution in [0.3, 0.4) is 0 Å². The van der Waals surface area contributed by atoms with Crippen LogP contribution in [-0.2, 0) is 4.74 Å². The van der Waals surface area contributed by atoms with E-state index in [0.717, 1.165) is 42.9 Å². The number of amides is 3. The van der Waals surface area contributed by atoms with Gasteiger partial charge >= 0.3 is 6.09 Å². The molecule has 1 aliphatic heterocycles. The van der Waals surface area contributed by atoms with Gasteiger partial charge in [0.2, 0.25) is 0 Å². The first-order chi connectivity index (χ1) is 16.9. The summed E-state index contributed by atoms with van der Waals surface area (Å²) in [7, 11) is 1.37. The van der Waals surface area contributed by atoms with E-state index in [1.165, 1.54) is 7.11 Å². The molecule has 1 aliphatic carbocycles. The van der Waals surface area contributed by atoms with E-state index >= 15 is 0 Å². The number of anilines is 2. The number of aryl methyl sites for hydroxylation is 1. The topological polar surface area (TPSA) is 143 Å². The highest BCUT2D eigenvalue weighted by atomic mass is 32.1. The maximum atomic E-state index is 13.0. The van der Waals surface area contributed by atoms with Crippen molar-refractivity contribution in [1.29, 1.82) is 0 Å². The van der Waals surface area contributed by atoms with Crippen LogP contribution in [0.4, 0.5) is 16.2 Å². The number of rotatable bonds is 5. The first kappa shape index (κ1) is 24.9. The SMILES string of the molecule is COC(=O)N1CCN(c2ccc(C(=O)NC3CCC(N)CC3)cc2NC(=O)c2snnc2C)CC1. The fourth-order valence-corrected chi connectivity index (χ4v) is 5.02. The molecule has 11 nitrogen and oxygen atoms in total. The molecular formula is C23H31N7O4S. The lowest BCUT2D eigenvalue weighted by Gasteiger charge is -2.36. The van der Waals surface area contributed by atoms with Crippen LogP contribution in [0.25, 0.3) is 0 Å². The molecule has 0 atom stereocenters. The zero-order chi connectivity index (χ0) is 24.9. The summed E-state index contributed by atoms with van der Waals surface area (Å²) in [5.74, 6) is -0.510. The first-order valence-electron chi connectivity index (χ1n) is 11.7. The molecule has 1 aromatic carbocycles. The monoisotopic (exact) mass is 501 g/mol. The van der Waals surface area contributed by atoms with Gasteiger partial charge in [-0.1, -0.05) is 4.49 Å². The van der Waals surface area contributed by atoms with E-state index < -0.39 is 0 Å². The summed E-state index contributed by atoms with van der Waals surface area (Å²) >= 11 is 1.02. The molecular weight excluding hydrogens is 470 g/mol. The van der Waals surface area contributed by atoms with Crippen molar-refractivity contribution in [2.75, 3.05) is 43.5 Å². The number of nitrogens with one attached hydrogen (secondary N) is 2. The summed E-state index contributed by atoms with van der Waals surface area (Å²) in [4.78, 5) is 42.0. The predicted octanol–water partition coefficient (Wildman–Crippen LogP) is 1.99. The zero-order valence-electron chi connectivity index (χ0n) is 20.0. The highest BCUT2D eigenvalue weighted by Gasteiger charge is 2.26. The molecule has 3 amide bonds. The van der Waals surface area contributed by atoms with Gasteiger partial charge in [0.25, 0.3) is 11.8 Å². The van der Waals surface area contributed by atoms with E-state index in [-0.39, 0.29) is 30.0 Å². The summed E-state index contributed by atoms with van der Waals surface area (Å²) in [6.07, 6.45) is 3.14. The molecule has 0 radical (unpaired) electrons. The van der Waals surface area contributed by atoms with E-state index in [9.17, 15) is 14.4 Å². The second-order valence-electron chi connectivity index (χ2n) is 8.90. The molecule has 188 valence electrons. The Morgan fingerprint density at radius 3 is 2.43 bits per heavy atom. The second kappa shape index (κ2) is 11.0. The third kappa shape index (κ3) is 5.88. The molecule has 2 aromatic rings. The lowest BCUT2D eigenvalue weighted by Crippen LogP contribution is -2.49. The van der Waals surface area contributed by atoms with Crippen molar-refractivity contribution in [2.45, 2.75) is 44.7 Å². The molecule has 1 aromatic heterocycles. The maximum Gasteiger partial charge on any atom is 0.409 e. The van der Waals surface area contributed by atoms with Gasteiger partial charge in [0.15, 0.2) is 0 Å². The van der Waals surface area contributed by atoms with Crippen LogP contribution >= 0.6 is 11.5 Å². The minimum Gasteiger partial charge on any atom is -0.453 e. The third-order valence-electron chi connectivity index (χ3n) is 6.52. The fourth-order valence-electron chi connectivity index (χ4n) is 4.46. The summed E-state index contributed by atoms with van der Waals surface area (Å²) in [6, 6.07) is 5.60. The number of aromatic nitrogens is 2. The molecule has 0 spiro atoms. The Morgan fingerprint density at radius 2 is 1.80 bits per heavy atom. The molecule has 35 heavy (non-hydrogen) atoms. The largest absolute Gasteiger partial charge is 0.453 e. The van der Waals surface area contributed by atoms with Crippen molar-refractivity contribution in [1.82, 2.24) is 19.8 Å². The van der Waals surface area contributed by atoms with Gasteiger partial charge in [-0.3, -0.25) is 9.59 Å². The summed E-state index contributed by atoms with van der Waals surface area (Å²) in [5.41, 5.74) is 8.29. The van der Waals surface area contributed by atoms with Crippen LogP contribution in [-0.4, -0.2) is 77.8 Å². The van der Waals surface area contributed by atoms with E-state index in [0.29, 0.717) is 48.0 Å². The Balaban J connectivity index is 1.54. The van der Waals surface area contributed by atoms with Crippen LogP contribution < -0.4 is 21.3 Å². The van der Waals surface area contributed by atoms with Gasteiger partial charge < -0.3 is 30.9 Å². The van der Waals surface area contributed by atoms with Gasteiger partial charge in [0.05, 0.1) is 24.2 Å². The van der Waals surface area contributed by atoms with Crippen molar-refractivity contribution in [3.8, 4) is 0 Å². The van der Waals surface area contributed by atoms with Crippen molar-refractivity contribution < 1.29 is 19.1 Å². The standard InChI is InChI=1S/C23H31N7O4S/c1-14-20(35-28-27-14)22(32)26-18-13-15(21(31)25-17-6-4-16(24)5-7-17)3-8-19(18)29-9-11-30(12-10-29)23(33)34-2/h3,8,13,16-17H,4-7,9-12,24H2,1-2H3,(H,25,31)(H,26,32). The average molecular weight is 502 g/mol. The summed E-state index contributed by atoms with van der Waals surface area (Å²) < 4.78 is 8.66. The number of nitrogens with two attached hydrogens (primary N) is 1. The first-order valence-corrected chi connectivity index (χ1v) is 12.5. The quantitative estimate of drug-likeness (QED) is 0.564. The Labute approximate surface area is 208 Å². The molecule has 2 heterocycles. The van der Waals surface area contributed by atoms with Gasteiger partial charge in [-0.25, -0.2) is 4.79 Å². The number of benzene rings is 1. The Kier molecular flexibility index (Phi) is 7.81. The van der Waals surface area contributed by atoms with Crippen LogP contribution in [0.15, 0.2) is 18.2 Å². The molecule has 4 rings (SSSR count). The van der Waals surface area contributed by atoms with Gasteiger partial charge in [0, 0.05) is 43.8 Å². The van der Waals surface area contributed by atoms with Gasteiger partial charge in [-0.2, -0.15) is 0 Å². The molecule has 0 unspecified atom stereocenters. The highest BCUT2D eigenvalue weighted by molar-refractivity contribution is 7.08. The van der Waals surface area contributed by atoms with E-state index in [1.54, 1.807) is 24.0 Å². The van der Waals surface area contributed by atoms with Crippen molar-refractivity contribution in [3.63, 3.8) is 0 Å². The number of carbonyl (C=O) groups excluding carboxylic acids is 3. The van der Waals surface area contributed by atoms with Crippen LogP contribution in [0.2, 0.25) is 0 Å². The average Bonchev–Trinajstić information content (AvgIpc) is 3.31. The predicted molar refractivity (Wildman–Crippen MR) is 133 cm³/mol. The lowest BCUT2D eigenvalue weighted by molar-refractivity contribution is 0.0924. The Morgan fingerprint density at radius 1 is 1.09 bits per heavy atom. The number of ether oxygens (including phenoxy) is 1. The Bertz CT molecular complexity index is 1080. The van der Waals surface area contributed by atoms with E-state index in [4.69, 9.17) is 10.5 Å². The lowest BCUT2D eigenvalue weighted by atomic mass is 9.91. The molecule has 4 N–H and O–H groups in total. The Hall–Kier alpha value is -3.25. The van der Waals surface area contributed by atoms with Crippen LogP contribution in [0, 0.1) is 6.92 Å². The van der Waals surface area contributed by atoms with Gasteiger partial charge in [-0.05, 0) is 62.3 Å². The number of piperazine rings is 1. The third-order valence-corrected chi connectivity index (χ3v) is 7.35. The van der Waals surface area contributed by atoms with Crippen molar-refractivity contribution >= 4 is 40.8 Å². The number of nitrogens with zero attached hydrogens (tertiary/aromatic N) is 4. The van der Waals surface area contributed by atoms with Crippen molar-refractivity contribution in [2.24, 2.45) is 5.73 Å². The smallest absolute Gasteiger partial charge is 0.409 e. The number of hydrogen-bond acceptors (Lipinski definition) is 9. The summed E-state index contributed by atoms with van der Waals surface area (Å²) in [5, 5.41) is 9.96. The second-order valence-corrected chi connectivity index (χ2v) is 9.66. The molecule has 12 heteroatoms. The maximum absolute atomic E-state index is 13.0. The van der Waals surface area contributed by atoms with Gasteiger partial charge in [0.1, 0.15) is 4.88 Å². The fraction of sp³-hybridized carbons (Fsp3) is 0.522. The molecule has 2 aliphatic rings. The number of carbonyl (C=O) groups is 3. The van der Waals surface area contributed by atoms with Crippen LogP contribution in [0.1, 0.15) is 51.4 Å². The van der Waals surface area contributed by atoms with Gasteiger partial charge in [-0.15, -0.1) is 5.10 Å².